The van der Waals surface area contributed by atoms with Gasteiger partial charge in [0.05, 0.1) is 16.6 Å². The van der Waals surface area contributed by atoms with Crippen molar-refractivity contribution in [1.82, 2.24) is 19.7 Å². The second-order valence-electron chi connectivity index (χ2n) is 5.87. The summed E-state index contributed by atoms with van der Waals surface area (Å²) < 4.78 is 6.43. The molecule has 1 N–H and O–H groups in total. The summed E-state index contributed by atoms with van der Waals surface area (Å²) in [4.78, 5) is 29.4. The number of methoxy groups -OCH3 is 1. The van der Waals surface area contributed by atoms with E-state index in [0.717, 1.165) is 0 Å². The van der Waals surface area contributed by atoms with E-state index in [1.807, 2.05) is 6.07 Å². The van der Waals surface area contributed by atoms with Crippen molar-refractivity contribution in [2.75, 3.05) is 12.4 Å². The highest BCUT2D eigenvalue weighted by atomic mass is 32.1. The standard InChI is InChI=1S/C19H15N5O3S/c1-27-10-16-22-23-19(28-16)21-17(25)12-6-8-13(9-7-12)24-11-20-15-5-3-2-4-14(15)18(24)26/h2-9,11H,10H2,1H3,(H,21,23,25). The lowest BCUT2D eigenvalue weighted by Crippen LogP contribution is -2.19. The van der Waals surface area contributed by atoms with Gasteiger partial charge in [-0.25, -0.2) is 4.98 Å². The minimum atomic E-state index is -0.310. The number of aromatic nitrogens is 4. The molecule has 0 fully saturated rings. The van der Waals surface area contributed by atoms with Crippen LogP contribution < -0.4 is 10.9 Å². The number of para-hydroxylation sites is 1. The Morgan fingerprint density at radius 2 is 1.93 bits per heavy atom. The molecular formula is C19H15N5O3S. The summed E-state index contributed by atoms with van der Waals surface area (Å²) in [5.41, 5.74) is 1.54. The van der Waals surface area contributed by atoms with E-state index < -0.39 is 0 Å². The van der Waals surface area contributed by atoms with Crippen LogP contribution in [0, 0.1) is 0 Å². The van der Waals surface area contributed by atoms with Gasteiger partial charge in [-0.3, -0.25) is 19.5 Å². The van der Waals surface area contributed by atoms with E-state index in [4.69, 9.17) is 4.74 Å². The number of nitrogens with zero attached hydrogens (tertiary/aromatic N) is 4. The maximum Gasteiger partial charge on any atom is 0.265 e. The first-order valence-corrected chi connectivity index (χ1v) is 9.17. The number of fused-ring (bicyclic) bond motifs is 1. The topological polar surface area (TPSA) is 99.0 Å². The number of rotatable bonds is 5. The van der Waals surface area contributed by atoms with Crippen LogP contribution in [-0.2, 0) is 11.3 Å². The summed E-state index contributed by atoms with van der Waals surface area (Å²) in [6.07, 6.45) is 1.48. The molecule has 2 heterocycles. The van der Waals surface area contributed by atoms with Gasteiger partial charge in [-0.1, -0.05) is 23.5 Å². The van der Waals surface area contributed by atoms with Crippen molar-refractivity contribution < 1.29 is 9.53 Å². The summed E-state index contributed by atoms with van der Waals surface area (Å²) in [5.74, 6) is -0.310. The Labute approximate surface area is 163 Å². The molecule has 2 aromatic carbocycles. The van der Waals surface area contributed by atoms with Crippen LogP contribution in [0.1, 0.15) is 15.4 Å². The second-order valence-corrected chi connectivity index (χ2v) is 6.93. The van der Waals surface area contributed by atoms with Crippen LogP contribution >= 0.6 is 11.3 Å². The van der Waals surface area contributed by atoms with Gasteiger partial charge in [0.15, 0.2) is 0 Å². The number of carbonyl (C=O) groups excluding carboxylic acids is 1. The molecule has 0 unspecified atom stereocenters. The summed E-state index contributed by atoms with van der Waals surface area (Å²) in [6.45, 7) is 0.344. The van der Waals surface area contributed by atoms with E-state index >= 15 is 0 Å². The van der Waals surface area contributed by atoms with Crippen molar-refractivity contribution in [1.29, 1.82) is 0 Å². The number of hydrogen-bond acceptors (Lipinski definition) is 7. The average molecular weight is 393 g/mol. The highest BCUT2D eigenvalue weighted by Crippen LogP contribution is 2.17. The third-order valence-corrected chi connectivity index (χ3v) is 4.84. The molecule has 4 rings (SSSR count). The molecule has 0 bridgehead atoms. The average Bonchev–Trinajstić information content (AvgIpc) is 3.16. The highest BCUT2D eigenvalue weighted by molar-refractivity contribution is 7.15. The van der Waals surface area contributed by atoms with E-state index in [1.54, 1.807) is 49.6 Å². The van der Waals surface area contributed by atoms with Crippen LogP contribution in [0.25, 0.3) is 16.6 Å². The highest BCUT2D eigenvalue weighted by Gasteiger charge is 2.11. The fourth-order valence-electron chi connectivity index (χ4n) is 2.68. The lowest BCUT2D eigenvalue weighted by Gasteiger charge is -2.07. The molecule has 0 aliphatic rings. The van der Waals surface area contributed by atoms with Gasteiger partial charge in [-0.05, 0) is 36.4 Å². The minimum Gasteiger partial charge on any atom is -0.377 e. The molecule has 0 atom stereocenters. The second kappa shape index (κ2) is 7.67. The zero-order chi connectivity index (χ0) is 19.5. The van der Waals surface area contributed by atoms with Gasteiger partial charge >= 0.3 is 0 Å². The van der Waals surface area contributed by atoms with Crippen molar-refractivity contribution in [2.24, 2.45) is 0 Å². The first-order chi connectivity index (χ1) is 13.7. The molecule has 0 saturated heterocycles. The van der Waals surface area contributed by atoms with Crippen LogP contribution in [-0.4, -0.2) is 32.8 Å². The van der Waals surface area contributed by atoms with Gasteiger partial charge in [0.2, 0.25) is 5.13 Å². The molecule has 4 aromatic rings. The smallest absolute Gasteiger partial charge is 0.265 e. The van der Waals surface area contributed by atoms with Crippen LogP contribution in [0.4, 0.5) is 5.13 Å². The van der Waals surface area contributed by atoms with E-state index in [9.17, 15) is 9.59 Å². The van der Waals surface area contributed by atoms with E-state index in [0.29, 0.717) is 38.9 Å². The van der Waals surface area contributed by atoms with Crippen LogP contribution in [0.15, 0.2) is 59.7 Å². The largest absolute Gasteiger partial charge is 0.377 e. The van der Waals surface area contributed by atoms with Crippen LogP contribution in [0.5, 0.6) is 0 Å². The first kappa shape index (κ1) is 18.0. The molecule has 9 heteroatoms. The first-order valence-electron chi connectivity index (χ1n) is 8.35. The zero-order valence-corrected chi connectivity index (χ0v) is 15.6. The molecule has 0 spiro atoms. The van der Waals surface area contributed by atoms with Crippen molar-refractivity contribution in [3.8, 4) is 5.69 Å². The number of benzene rings is 2. The number of amides is 1. The number of anilines is 1. The lowest BCUT2D eigenvalue weighted by atomic mass is 10.2. The molecule has 0 aliphatic heterocycles. The van der Waals surface area contributed by atoms with Crippen LogP contribution in [0.2, 0.25) is 0 Å². The fourth-order valence-corrected chi connectivity index (χ4v) is 3.39. The number of hydrogen-bond donors (Lipinski definition) is 1. The summed E-state index contributed by atoms with van der Waals surface area (Å²) >= 11 is 1.25. The van der Waals surface area contributed by atoms with E-state index in [-0.39, 0.29) is 11.5 Å². The van der Waals surface area contributed by atoms with E-state index in [1.165, 1.54) is 22.2 Å². The summed E-state index contributed by atoms with van der Waals surface area (Å²) in [7, 11) is 1.57. The van der Waals surface area contributed by atoms with Gasteiger partial charge in [0, 0.05) is 12.7 Å². The maximum absolute atomic E-state index is 12.7. The quantitative estimate of drug-likeness (QED) is 0.560. The summed E-state index contributed by atoms with van der Waals surface area (Å²) in [6, 6.07) is 13.8. The predicted molar refractivity (Wildman–Crippen MR) is 106 cm³/mol. The van der Waals surface area contributed by atoms with Crippen molar-refractivity contribution in [2.45, 2.75) is 6.61 Å². The Hall–Kier alpha value is -3.43. The molecule has 1 amide bonds. The maximum atomic E-state index is 12.7. The fraction of sp³-hybridized carbons (Fsp3) is 0.105. The third-order valence-electron chi connectivity index (χ3n) is 4.03. The zero-order valence-electron chi connectivity index (χ0n) is 14.8. The molecule has 0 aliphatic carbocycles. The van der Waals surface area contributed by atoms with Gasteiger partial charge in [-0.2, -0.15) is 0 Å². The Kier molecular flexibility index (Phi) is 4.92. The minimum absolute atomic E-state index is 0.165. The number of carbonyl (C=O) groups is 1. The third kappa shape index (κ3) is 3.53. The number of ether oxygens (including phenoxy) is 1. The SMILES string of the molecule is COCc1nnc(NC(=O)c2ccc(-n3cnc4ccccc4c3=O)cc2)s1. The van der Waals surface area contributed by atoms with Crippen molar-refractivity contribution >= 4 is 33.3 Å². The Morgan fingerprint density at radius 1 is 1.14 bits per heavy atom. The molecule has 140 valence electrons. The van der Waals surface area contributed by atoms with Gasteiger partial charge in [0.25, 0.3) is 11.5 Å². The number of nitrogens with one attached hydrogen (secondary N) is 1. The lowest BCUT2D eigenvalue weighted by molar-refractivity contribution is 0.102. The molecular weight excluding hydrogens is 378 g/mol. The van der Waals surface area contributed by atoms with E-state index in [2.05, 4.69) is 20.5 Å². The van der Waals surface area contributed by atoms with Crippen molar-refractivity contribution in [3.63, 3.8) is 0 Å². The molecule has 2 aromatic heterocycles. The molecule has 0 radical (unpaired) electrons. The van der Waals surface area contributed by atoms with Gasteiger partial charge < -0.3 is 4.74 Å². The van der Waals surface area contributed by atoms with Crippen LogP contribution in [0.3, 0.4) is 0 Å². The van der Waals surface area contributed by atoms with Gasteiger partial charge in [0.1, 0.15) is 17.9 Å². The molecule has 0 saturated carbocycles. The molecule has 28 heavy (non-hydrogen) atoms. The Morgan fingerprint density at radius 3 is 2.71 bits per heavy atom. The normalized spacial score (nSPS) is 10.9. The Bertz CT molecular complexity index is 1200. The monoisotopic (exact) mass is 393 g/mol. The predicted octanol–water partition coefficient (Wildman–Crippen LogP) is 2.64. The van der Waals surface area contributed by atoms with Crippen molar-refractivity contribution in [3.05, 3.63) is 75.8 Å². The Balaban J connectivity index is 1.56. The summed E-state index contributed by atoms with van der Waals surface area (Å²) in [5, 5.41) is 12.1. The molecule has 8 nitrogen and oxygen atoms in total. The van der Waals surface area contributed by atoms with Gasteiger partial charge in [-0.15, -0.1) is 10.2 Å².